The van der Waals surface area contributed by atoms with Crippen LogP contribution in [0.2, 0.25) is 0 Å². The van der Waals surface area contributed by atoms with Crippen molar-refractivity contribution >= 4 is 6.26 Å². The summed E-state index contributed by atoms with van der Waals surface area (Å²) in [7, 11) is 1.10. The predicted octanol–water partition coefficient (Wildman–Crippen LogP) is -2.72. The zero-order valence-electron chi connectivity index (χ0n) is 8.12. The van der Waals surface area contributed by atoms with Crippen molar-refractivity contribution in [1.29, 1.82) is 0 Å². The van der Waals surface area contributed by atoms with E-state index in [9.17, 15) is 9.90 Å². The summed E-state index contributed by atoms with van der Waals surface area (Å²) in [6, 6.07) is 0. The smallest absolute Gasteiger partial charge is 0.151 e. The van der Waals surface area contributed by atoms with Gasteiger partial charge in [-0.05, 0) is 0 Å². The van der Waals surface area contributed by atoms with Crippen molar-refractivity contribution in [1.82, 2.24) is 0 Å². The first-order valence-electron chi connectivity index (χ1n) is 4.14. The molecule has 0 unspecified atom stereocenters. The second-order valence-electron chi connectivity index (χ2n) is 2.50. The number of methoxy groups -OCH3 is 1. The minimum atomic E-state index is -1.85. The van der Waals surface area contributed by atoms with Gasteiger partial charge in [0.25, 0.3) is 0 Å². The topological polar surface area (TPSA) is 107 Å². The lowest BCUT2D eigenvalue weighted by Crippen LogP contribution is -2.47. The average molecular weight is 195 g/mol. The Labute approximate surface area is 76.8 Å². The molecule has 0 fully saturated rings. The van der Waals surface area contributed by atoms with Crippen LogP contribution < -0.4 is 0 Å². The molecule has 13 heavy (non-hydrogen) atoms. The Bertz CT molecular complexity index is 187. The third kappa shape index (κ3) is 3.37. The number of hydrogen-bond donors (Lipinski definition) is 4. The molecular weight excluding hydrogens is 180 g/mol. The van der Waals surface area contributed by atoms with Crippen LogP contribution in [0.1, 0.15) is 1.37 Å². The molecule has 0 aromatic carbocycles. The lowest BCUT2D eigenvalue weighted by molar-refractivity contribution is -0.143. The summed E-state index contributed by atoms with van der Waals surface area (Å²) >= 11 is 0. The molecule has 4 N–H and O–H groups in total. The summed E-state index contributed by atoms with van der Waals surface area (Å²) < 4.78 is 11.1. The van der Waals surface area contributed by atoms with Gasteiger partial charge < -0.3 is 30.0 Å². The normalized spacial score (nSPS) is 21.5. The maximum absolute atomic E-state index is 10.4. The number of rotatable bonds is 6. The van der Waals surface area contributed by atoms with E-state index in [0.29, 0.717) is 0 Å². The van der Waals surface area contributed by atoms with Crippen molar-refractivity contribution in [2.45, 2.75) is 24.4 Å². The molecule has 0 heterocycles. The van der Waals surface area contributed by atoms with E-state index in [4.69, 9.17) is 16.7 Å². The highest BCUT2D eigenvalue weighted by Gasteiger charge is 2.31. The minimum absolute atomic E-state index is 0.736. The fraction of sp³-hybridized carbons (Fsp3) is 0.857. The van der Waals surface area contributed by atoms with Crippen molar-refractivity contribution in [3.05, 3.63) is 0 Å². The summed E-state index contributed by atoms with van der Waals surface area (Å²) in [5.41, 5.74) is 0. The monoisotopic (exact) mass is 195 g/mol. The van der Waals surface area contributed by atoms with Gasteiger partial charge in [-0.25, -0.2) is 0 Å². The summed E-state index contributed by atoms with van der Waals surface area (Å²) in [6.45, 7) is -0.736. The van der Waals surface area contributed by atoms with Gasteiger partial charge in [-0.1, -0.05) is 0 Å². The quantitative estimate of drug-likeness (QED) is 0.343. The Kier molecular flexibility index (Phi) is 4.87. The number of hydrogen-bond acceptors (Lipinski definition) is 6. The lowest BCUT2D eigenvalue weighted by atomic mass is 10.0. The Balaban J connectivity index is 4.46. The number of carbonyl (C=O) groups is 1. The van der Waals surface area contributed by atoms with Crippen molar-refractivity contribution < 1.29 is 31.3 Å². The van der Waals surface area contributed by atoms with Gasteiger partial charge in [0.1, 0.15) is 25.8 Å². The molecule has 78 valence electrons. The summed E-state index contributed by atoms with van der Waals surface area (Å²) in [5.74, 6) is 0. The van der Waals surface area contributed by atoms with Crippen LogP contribution in [0.4, 0.5) is 0 Å². The van der Waals surface area contributed by atoms with Crippen molar-refractivity contribution in [2.24, 2.45) is 0 Å². The van der Waals surface area contributed by atoms with Gasteiger partial charge in [-0.2, -0.15) is 0 Å². The van der Waals surface area contributed by atoms with Crippen LogP contribution in [-0.4, -0.2) is 64.8 Å². The molecule has 0 aliphatic heterocycles. The molecule has 4 atom stereocenters. The molecule has 6 heteroatoms. The first-order valence-corrected chi connectivity index (χ1v) is 3.64. The fourth-order valence-electron chi connectivity index (χ4n) is 0.849. The van der Waals surface area contributed by atoms with E-state index in [0.717, 1.165) is 7.11 Å². The van der Waals surface area contributed by atoms with E-state index in [-0.39, 0.29) is 0 Å². The van der Waals surface area contributed by atoms with Crippen molar-refractivity contribution in [3.8, 4) is 0 Å². The molecule has 0 rings (SSSR count). The van der Waals surface area contributed by atoms with Gasteiger partial charge >= 0.3 is 0 Å². The molecular formula is C7H14O6. The second-order valence-corrected chi connectivity index (χ2v) is 2.50. The zero-order valence-corrected chi connectivity index (χ0v) is 7.12. The van der Waals surface area contributed by atoms with E-state index in [1.807, 2.05) is 0 Å². The number of aldehydes is 1. The summed E-state index contributed by atoms with van der Waals surface area (Å²) in [5, 5.41) is 35.8. The number of aliphatic hydroxyl groups is 4. The highest BCUT2D eigenvalue weighted by atomic mass is 16.5. The molecule has 0 aliphatic carbocycles. The summed E-state index contributed by atoms with van der Waals surface area (Å²) in [6.07, 6.45) is -7.78. The van der Waals surface area contributed by atoms with Gasteiger partial charge in [0.15, 0.2) is 6.26 Å². The summed E-state index contributed by atoms with van der Waals surface area (Å²) in [4.78, 5) is 10.4. The average Bonchev–Trinajstić information content (AvgIpc) is 2.17. The van der Waals surface area contributed by atoms with Gasteiger partial charge in [0.2, 0.25) is 0 Å². The van der Waals surface area contributed by atoms with Crippen LogP contribution in [0.3, 0.4) is 0 Å². The molecule has 0 saturated heterocycles. The molecule has 0 bridgehead atoms. The third-order valence-corrected chi connectivity index (χ3v) is 1.62. The van der Waals surface area contributed by atoms with Gasteiger partial charge in [0, 0.05) is 7.11 Å². The van der Waals surface area contributed by atoms with Crippen LogP contribution in [0, 0.1) is 0 Å². The maximum atomic E-state index is 10.4. The van der Waals surface area contributed by atoms with Crippen molar-refractivity contribution in [3.63, 3.8) is 0 Å². The maximum Gasteiger partial charge on any atom is 0.151 e. The highest BCUT2D eigenvalue weighted by Crippen LogP contribution is 2.07. The zero-order chi connectivity index (χ0) is 11.3. The molecule has 0 aromatic heterocycles. The number of aliphatic hydroxyl groups excluding tert-OH is 4. The van der Waals surface area contributed by atoms with Crippen LogP contribution >= 0.6 is 0 Å². The standard InChI is InChI=1S/C7H14O6/c1-13-7(5(11)3-9)6(12)4(10)2-8/h3-8,10-12H,2H2,1H3/t4-,5+,6-,7-/m1/s1/i3D. The molecule has 0 saturated carbocycles. The van der Waals surface area contributed by atoms with Crippen LogP contribution in [0.25, 0.3) is 0 Å². The minimum Gasteiger partial charge on any atom is -0.394 e. The lowest BCUT2D eigenvalue weighted by Gasteiger charge is -2.25. The van der Waals surface area contributed by atoms with E-state index >= 15 is 0 Å². The van der Waals surface area contributed by atoms with E-state index < -0.39 is 37.3 Å². The SMILES string of the molecule is [2H]C(=O)[C@H](O)[C@@H](OC)[C@H](O)[C@H](O)CO. The van der Waals surface area contributed by atoms with Crippen LogP contribution in [-0.2, 0) is 9.53 Å². The molecule has 0 radical (unpaired) electrons. The number of carbonyl (C=O) groups excluding carboxylic acids is 1. The first kappa shape index (κ1) is 10.6. The van der Waals surface area contributed by atoms with E-state index in [1.54, 1.807) is 0 Å². The largest absolute Gasteiger partial charge is 0.394 e. The first-order chi connectivity index (χ1) is 6.45. The van der Waals surface area contributed by atoms with Gasteiger partial charge in [-0.15, -0.1) is 0 Å². The second kappa shape index (κ2) is 6.01. The molecule has 6 nitrogen and oxygen atoms in total. The molecule has 0 spiro atoms. The Morgan fingerprint density at radius 1 is 1.54 bits per heavy atom. The molecule has 0 aromatic rings. The fourth-order valence-corrected chi connectivity index (χ4v) is 0.849. The molecule has 0 aliphatic rings. The van der Waals surface area contributed by atoms with Crippen LogP contribution in [0.5, 0.6) is 0 Å². The Morgan fingerprint density at radius 2 is 2.08 bits per heavy atom. The third-order valence-electron chi connectivity index (χ3n) is 1.62. The Hall–Kier alpha value is -0.530. The molecule has 0 amide bonds. The van der Waals surface area contributed by atoms with E-state index in [1.165, 1.54) is 0 Å². The van der Waals surface area contributed by atoms with Crippen LogP contribution in [0.15, 0.2) is 0 Å². The van der Waals surface area contributed by atoms with Crippen molar-refractivity contribution in [2.75, 3.05) is 13.7 Å². The van der Waals surface area contributed by atoms with Gasteiger partial charge in [-0.3, -0.25) is 0 Å². The predicted molar refractivity (Wildman–Crippen MR) is 42.0 cm³/mol. The van der Waals surface area contributed by atoms with E-state index in [2.05, 4.69) is 4.74 Å². The van der Waals surface area contributed by atoms with Gasteiger partial charge in [0.05, 0.1) is 6.61 Å². The Morgan fingerprint density at radius 3 is 2.38 bits per heavy atom. The highest BCUT2D eigenvalue weighted by molar-refractivity contribution is 5.56. The number of ether oxygens (including phenoxy) is 1.